The summed E-state index contributed by atoms with van der Waals surface area (Å²) in [5.41, 5.74) is 0. The number of rotatable bonds is 2. The van der Waals surface area contributed by atoms with Crippen molar-refractivity contribution < 1.29 is 5.11 Å². The Morgan fingerprint density at radius 1 is 1.31 bits per heavy atom. The lowest BCUT2D eigenvalue weighted by atomic mass is 9.80. The Hall–Kier alpha value is -0.120. The van der Waals surface area contributed by atoms with Crippen molar-refractivity contribution in [3.8, 4) is 0 Å². The van der Waals surface area contributed by atoms with E-state index >= 15 is 0 Å². The van der Waals surface area contributed by atoms with Crippen LogP contribution in [0, 0.1) is 5.92 Å². The van der Waals surface area contributed by atoms with Gasteiger partial charge in [-0.3, -0.25) is 4.90 Å². The SMILES string of the molecule is CN(C)C[C@@H]1[C@H](O)C2CCN1CC2. The molecule has 0 saturated carbocycles. The van der Waals surface area contributed by atoms with Gasteiger partial charge in [0, 0.05) is 12.6 Å². The fourth-order valence-electron chi connectivity index (χ4n) is 2.72. The van der Waals surface area contributed by atoms with Crippen molar-refractivity contribution in [2.24, 2.45) is 5.92 Å². The van der Waals surface area contributed by atoms with Crippen molar-refractivity contribution in [1.82, 2.24) is 9.80 Å². The van der Waals surface area contributed by atoms with Gasteiger partial charge in [0.2, 0.25) is 0 Å². The van der Waals surface area contributed by atoms with Crippen LogP contribution in [-0.2, 0) is 0 Å². The predicted octanol–water partition coefficient (Wildman–Crippen LogP) is 0.00310. The third kappa shape index (κ3) is 1.73. The largest absolute Gasteiger partial charge is 0.391 e. The lowest BCUT2D eigenvalue weighted by Crippen LogP contribution is -2.60. The summed E-state index contributed by atoms with van der Waals surface area (Å²) in [5, 5.41) is 10.0. The molecule has 2 bridgehead atoms. The number of piperidine rings is 3. The maximum atomic E-state index is 10.0. The average Bonchev–Trinajstić information content (AvgIpc) is 2.11. The van der Waals surface area contributed by atoms with Gasteiger partial charge in [0.1, 0.15) is 0 Å². The maximum Gasteiger partial charge on any atom is 0.0736 e. The fraction of sp³-hybridized carbons (Fsp3) is 1.00. The zero-order valence-electron chi connectivity index (χ0n) is 8.61. The van der Waals surface area contributed by atoms with E-state index < -0.39 is 0 Å². The predicted molar refractivity (Wildman–Crippen MR) is 52.6 cm³/mol. The van der Waals surface area contributed by atoms with E-state index in [-0.39, 0.29) is 6.10 Å². The van der Waals surface area contributed by atoms with Crippen LogP contribution >= 0.6 is 0 Å². The number of hydrogen-bond donors (Lipinski definition) is 1. The van der Waals surface area contributed by atoms with Gasteiger partial charge in [0.15, 0.2) is 0 Å². The van der Waals surface area contributed by atoms with Gasteiger partial charge in [-0.25, -0.2) is 0 Å². The Morgan fingerprint density at radius 2 is 1.92 bits per heavy atom. The summed E-state index contributed by atoms with van der Waals surface area (Å²) < 4.78 is 0. The minimum atomic E-state index is -0.0788. The molecule has 13 heavy (non-hydrogen) atoms. The molecular weight excluding hydrogens is 164 g/mol. The van der Waals surface area contributed by atoms with E-state index in [2.05, 4.69) is 23.9 Å². The molecule has 3 heterocycles. The second-order valence-corrected chi connectivity index (χ2v) is 4.69. The van der Waals surface area contributed by atoms with Crippen LogP contribution in [-0.4, -0.2) is 60.8 Å². The highest BCUT2D eigenvalue weighted by Gasteiger charge is 2.40. The molecule has 3 saturated heterocycles. The molecule has 0 unspecified atom stereocenters. The Bertz CT molecular complexity index is 174. The molecule has 1 N–H and O–H groups in total. The molecule has 2 atom stereocenters. The molecule has 3 aliphatic rings. The van der Waals surface area contributed by atoms with Gasteiger partial charge in [-0.1, -0.05) is 0 Å². The smallest absolute Gasteiger partial charge is 0.0736 e. The summed E-state index contributed by atoms with van der Waals surface area (Å²) in [6.07, 6.45) is 2.32. The second kappa shape index (κ2) is 3.56. The quantitative estimate of drug-likeness (QED) is 0.654. The van der Waals surface area contributed by atoms with E-state index in [1.165, 1.54) is 25.9 Å². The van der Waals surface area contributed by atoms with Crippen LogP contribution in [0.3, 0.4) is 0 Å². The summed E-state index contributed by atoms with van der Waals surface area (Å²) in [6.45, 7) is 3.39. The first-order valence-electron chi connectivity index (χ1n) is 5.25. The minimum Gasteiger partial charge on any atom is -0.391 e. The number of likely N-dealkylation sites (N-methyl/N-ethyl adjacent to an activating group) is 1. The number of aliphatic hydroxyl groups excluding tert-OH is 1. The van der Waals surface area contributed by atoms with Crippen LogP contribution in [0.4, 0.5) is 0 Å². The van der Waals surface area contributed by atoms with Gasteiger partial charge in [0.25, 0.3) is 0 Å². The fourth-order valence-corrected chi connectivity index (χ4v) is 2.72. The van der Waals surface area contributed by atoms with E-state index in [9.17, 15) is 5.11 Å². The van der Waals surface area contributed by atoms with Crippen molar-refractivity contribution in [2.45, 2.75) is 25.0 Å². The normalized spacial score (nSPS) is 44.3. The minimum absolute atomic E-state index is 0.0788. The van der Waals surface area contributed by atoms with Crippen molar-refractivity contribution in [3.63, 3.8) is 0 Å². The first-order chi connectivity index (χ1) is 6.18. The highest BCUT2D eigenvalue weighted by Crippen LogP contribution is 2.32. The number of hydrogen-bond acceptors (Lipinski definition) is 3. The molecule has 3 rings (SSSR count). The summed E-state index contributed by atoms with van der Waals surface area (Å²) in [4.78, 5) is 4.62. The standard InChI is InChI=1S/C10H20N2O/c1-11(2)7-9-10(13)8-3-5-12(9)6-4-8/h8-10,13H,3-7H2,1-2H3/t9-,10-/m1/s1. The van der Waals surface area contributed by atoms with Gasteiger partial charge < -0.3 is 10.0 Å². The van der Waals surface area contributed by atoms with Gasteiger partial charge in [-0.05, 0) is 45.9 Å². The molecule has 0 aromatic carbocycles. The Balaban J connectivity index is 2.01. The van der Waals surface area contributed by atoms with Crippen LogP contribution in [0.5, 0.6) is 0 Å². The lowest BCUT2D eigenvalue weighted by molar-refractivity contribution is -0.0782. The number of fused-ring (bicyclic) bond motifs is 3. The van der Waals surface area contributed by atoms with Crippen LogP contribution in [0.15, 0.2) is 0 Å². The monoisotopic (exact) mass is 184 g/mol. The first-order valence-corrected chi connectivity index (χ1v) is 5.25. The molecule has 3 heteroatoms. The second-order valence-electron chi connectivity index (χ2n) is 4.69. The Labute approximate surface area is 80.3 Å². The highest BCUT2D eigenvalue weighted by atomic mass is 16.3. The van der Waals surface area contributed by atoms with Crippen LogP contribution in [0.2, 0.25) is 0 Å². The molecule has 0 aliphatic carbocycles. The van der Waals surface area contributed by atoms with E-state index in [1.807, 2.05) is 0 Å². The van der Waals surface area contributed by atoms with Gasteiger partial charge in [-0.15, -0.1) is 0 Å². The number of aliphatic hydroxyl groups is 1. The summed E-state index contributed by atoms with van der Waals surface area (Å²) >= 11 is 0. The Kier molecular flexibility index (Phi) is 2.58. The lowest BCUT2D eigenvalue weighted by Gasteiger charge is -2.49. The van der Waals surface area contributed by atoms with E-state index in [1.54, 1.807) is 0 Å². The van der Waals surface area contributed by atoms with Crippen molar-refractivity contribution >= 4 is 0 Å². The van der Waals surface area contributed by atoms with Crippen LogP contribution in [0.25, 0.3) is 0 Å². The maximum absolute atomic E-state index is 10.0. The molecule has 76 valence electrons. The third-order valence-electron chi connectivity index (χ3n) is 3.47. The van der Waals surface area contributed by atoms with Gasteiger partial charge in [-0.2, -0.15) is 0 Å². The van der Waals surface area contributed by atoms with Crippen molar-refractivity contribution in [2.75, 3.05) is 33.7 Å². The molecule has 0 spiro atoms. The molecular formula is C10H20N2O. The highest BCUT2D eigenvalue weighted by molar-refractivity contribution is 4.95. The van der Waals surface area contributed by atoms with E-state index in [0.29, 0.717) is 12.0 Å². The third-order valence-corrected chi connectivity index (χ3v) is 3.47. The molecule has 3 aliphatic heterocycles. The zero-order chi connectivity index (χ0) is 9.42. The molecule has 0 aromatic heterocycles. The molecule has 0 amide bonds. The summed E-state index contributed by atoms with van der Waals surface area (Å²) in [5.74, 6) is 0.579. The zero-order valence-corrected chi connectivity index (χ0v) is 8.61. The van der Waals surface area contributed by atoms with E-state index in [4.69, 9.17) is 0 Å². The van der Waals surface area contributed by atoms with Crippen LogP contribution in [0.1, 0.15) is 12.8 Å². The average molecular weight is 184 g/mol. The summed E-state index contributed by atoms with van der Waals surface area (Å²) in [7, 11) is 4.16. The molecule has 0 aromatic rings. The van der Waals surface area contributed by atoms with E-state index in [0.717, 1.165) is 6.54 Å². The molecule has 3 nitrogen and oxygen atoms in total. The van der Waals surface area contributed by atoms with Gasteiger partial charge in [0.05, 0.1) is 6.10 Å². The molecule has 0 radical (unpaired) electrons. The topological polar surface area (TPSA) is 26.7 Å². The summed E-state index contributed by atoms with van der Waals surface area (Å²) in [6, 6.07) is 0.391. The molecule has 3 fully saturated rings. The number of nitrogens with zero attached hydrogens (tertiary/aromatic N) is 2. The Morgan fingerprint density at radius 3 is 2.38 bits per heavy atom. The van der Waals surface area contributed by atoms with Gasteiger partial charge >= 0.3 is 0 Å². The van der Waals surface area contributed by atoms with Crippen molar-refractivity contribution in [1.29, 1.82) is 0 Å². The first kappa shape index (κ1) is 9.44. The van der Waals surface area contributed by atoms with Crippen molar-refractivity contribution in [3.05, 3.63) is 0 Å². The van der Waals surface area contributed by atoms with Crippen LogP contribution < -0.4 is 0 Å².